The van der Waals surface area contributed by atoms with Gasteiger partial charge >= 0.3 is 0 Å². The van der Waals surface area contributed by atoms with Gasteiger partial charge in [0.15, 0.2) is 5.96 Å². The molecule has 0 saturated heterocycles. The van der Waals surface area contributed by atoms with Crippen LogP contribution in [0.2, 0.25) is 0 Å². The summed E-state index contributed by atoms with van der Waals surface area (Å²) in [5.74, 6) is 0.0448. The molecular weight excluding hydrogens is 395 g/mol. The predicted octanol–water partition coefficient (Wildman–Crippen LogP) is 3.38. The fourth-order valence-corrected chi connectivity index (χ4v) is 3.63. The number of aliphatic hydroxyl groups is 1. The molecular formula is C24H31FN4O2. The number of nitrogens with zero attached hydrogens (tertiary/aromatic N) is 2. The van der Waals surface area contributed by atoms with E-state index in [9.17, 15) is 14.3 Å². The first-order chi connectivity index (χ1) is 14.6. The van der Waals surface area contributed by atoms with E-state index in [0.717, 1.165) is 16.7 Å². The smallest absolute Gasteiger partial charge is 0.232 e. The van der Waals surface area contributed by atoms with Crippen LogP contribution in [0.4, 0.5) is 4.39 Å². The molecule has 0 radical (unpaired) electrons. The van der Waals surface area contributed by atoms with Crippen LogP contribution in [0.3, 0.4) is 0 Å². The fraction of sp³-hybridized carbons (Fsp3) is 0.417. The molecule has 2 atom stereocenters. The number of carbonyl (C=O) groups excluding carboxylic acids is 1. The van der Waals surface area contributed by atoms with Gasteiger partial charge in [0.25, 0.3) is 0 Å². The van der Waals surface area contributed by atoms with Crippen LogP contribution in [0.15, 0.2) is 47.5 Å². The molecule has 0 saturated carbocycles. The van der Waals surface area contributed by atoms with E-state index in [-0.39, 0.29) is 30.1 Å². The molecule has 1 heterocycles. The molecule has 1 aliphatic rings. The lowest BCUT2D eigenvalue weighted by Gasteiger charge is -2.37. The van der Waals surface area contributed by atoms with Gasteiger partial charge in [-0.2, -0.15) is 0 Å². The summed E-state index contributed by atoms with van der Waals surface area (Å²) >= 11 is 0. The summed E-state index contributed by atoms with van der Waals surface area (Å²) in [6.07, 6.45) is -0.627. The number of nitrogens with two attached hydrogens (primary N) is 1. The summed E-state index contributed by atoms with van der Waals surface area (Å²) in [5.41, 5.74) is 8.83. The topological polar surface area (TPSA) is 91.0 Å². The summed E-state index contributed by atoms with van der Waals surface area (Å²) in [5, 5.41) is 13.7. The van der Waals surface area contributed by atoms with Crippen molar-refractivity contribution in [3.63, 3.8) is 0 Å². The van der Waals surface area contributed by atoms with Gasteiger partial charge < -0.3 is 10.8 Å². The highest BCUT2D eigenvalue weighted by Crippen LogP contribution is 2.30. The minimum atomic E-state index is -0.935. The van der Waals surface area contributed by atoms with E-state index >= 15 is 0 Å². The molecule has 0 aliphatic carbocycles. The monoisotopic (exact) mass is 426 g/mol. The molecule has 31 heavy (non-hydrogen) atoms. The van der Waals surface area contributed by atoms with Gasteiger partial charge in [-0.05, 0) is 60.2 Å². The largest absolute Gasteiger partial charge is 0.374 e. The Kier molecular flexibility index (Phi) is 6.77. The number of rotatable bonds is 7. The van der Waals surface area contributed by atoms with Crippen LogP contribution in [-0.4, -0.2) is 27.4 Å². The Morgan fingerprint density at radius 3 is 2.65 bits per heavy atom. The van der Waals surface area contributed by atoms with Gasteiger partial charge in [-0.25, -0.2) is 9.38 Å². The summed E-state index contributed by atoms with van der Waals surface area (Å²) in [7, 11) is 0. The van der Waals surface area contributed by atoms with Crippen LogP contribution >= 0.6 is 0 Å². The third-order valence-corrected chi connectivity index (χ3v) is 6.07. The zero-order chi connectivity index (χ0) is 22.8. The fourth-order valence-electron chi connectivity index (χ4n) is 3.63. The quantitative estimate of drug-likeness (QED) is 0.592. The maximum Gasteiger partial charge on any atom is 0.232 e. The number of aryl methyl sites for hydroxylation is 1. The van der Waals surface area contributed by atoms with E-state index < -0.39 is 11.8 Å². The van der Waals surface area contributed by atoms with Crippen molar-refractivity contribution < 1.29 is 14.3 Å². The SMILES string of the molecule is Cc1ccc(CN2C(=O)CC(C)(C(C)C)N=C2N)cc1C(O)NCc1cccc(F)c1. The molecule has 4 N–H and O–H groups in total. The summed E-state index contributed by atoms with van der Waals surface area (Å²) in [4.78, 5) is 18.9. The average Bonchev–Trinajstić information content (AvgIpc) is 2.70. The number of halogens is 1. The van der Waals surface area contributed by atoms with Crippen LogP contribution in [0.25, 0.3) is 0 Å². The molecule has 0 bridgehead atoms. The first-order valence-corrected chi connectivity index (χ1v) is 10.5. The molecule has 166 valence electrons. The Hall–Kier alpha value is -2.77. The first kappa shape index (κ1) is 22.9. The Bertz CT molecular complexity index is 991. The molecule has 0 spiro atoms. The summed E-state index contributed by atoms with van der Waals surface area (Å²) in [6.45, 7) is 8.52. The maximum absolute atomic E-state index is 13.4. The molecule has 7 heteroatoms. The summed E-state index contributed by atoms with van der Waals surface area (Å²) in [6, 6.07) is 11.9. The second-order valence-electron chi connectivity index (χ2n) is 8.74. The van der Waals surface area contributed by atoms with E-state index in [1.54, 1.807) is 12.1 Å². The van der Waals surface area contributed by atoms with Crippen molar-refractivity contribution in [2.45, 2.75) is 59.0 Å². The lowest BCUT2D eigenvalue weighted by Crippen LogP contribution is -2.51. The van der Waals surface area contributed by atoms with E-state index in [1.165, 1.54) is 17.0 Å². The second kappa shape index (κ2) is 9.16. The Balaban J connectivity index is 1.74. The number of hydrogen-bond donors (Lipinski definition) is 3. The predicted molar refractivity (Wildman–Crippen MR) is 119 cm³/mol. The third kappa shape index (κ3) is 5.29. The first-order valence-electron chi connectivity index (χ1n) is 10.5. The molecule has 6 nitrogen and oxygen atoms in total. The van der Waals surface area contributed by atoms with Gasteiger partial charge in [-0.1, -0.05) is 38.1 Å². The van der Waals surface area contributed by atoms with Crippen LogP contribution in [0.5, 0.6) is 0 Å². The standard InChI is InChI=1S/C24H31FN4O2/c1-15(2)24(4)12-21(30)29(23(26)28-24)14-18-9-8-16(3)20(11-18)22(31)27-13-17-6-5-7-19(25)10-17/h5-11,15,22,27,31H,12-14H2,1-4H3,(H2,26,28). The highest BCUT2D eigenvalue weighted by Gasteiger charge is 2.38. The van der Waals surface area contributed by atoms with E-state index in [4.69, 9.17) is 5.73 Å². The average molecular weight is 427 g/mol. The lowest BCUT2D eigenvalue weighted by atomic mass is 9.84. The molecule has 0 fully saturated rings. The van der Waals surface area contributed by atoms with Crippen molar-refractivity contribution in [3.05, 3.63) is 70.5 Å². The molecule has 1 aliphatic heterocycles. The normalized spacial score (nSPS) is 20.2. The minimum Gasteiger partial charge on any atom is -0.374 e. The van der Waals surface area contributed by atoms with E-state index in [1.807, 2.05) is 45.9 Å². The zero-order valence-corrected chi connectivity index (χ0v) is 18.5. The number of nitrogens with one attached hydrogen (secondary N) is 1. The van der Waals surface area contributed by atoms with Crippen molar-refractivity contribution >= 4 is 11.9 Å². The number of hydrogen-bond acceptors (Lipinski definition) is 5. The number of amides is 1. The Morgan fingerprint density at radius 2 is 2.00 bits per heavy atom. The van der Waals surface area contributed by atoms with E-state index in [0.29, 0.717) is 18.5 Å². The van der Waals surface area contributed by atoms with Crippen molar-refractivity contribution in [1.82, 2.24) is 10.2 Å². The third-order valence-electron chi connectivity index (χ3n) is 6.07. The molecule has 2 aromatic rings. The number of aliphatic hydroxyl groups excluding tert-OH is 1. The van der Waals surface area contributed by atoms with E-state index in [2.05, 4.69) is 10.3 Å². The van der Waals surface area contributed by atoms with Crippen molar-refractivity contribution in [3.8, 4) is 0 Å². The van der Waals surface area contributed by atoms with Gasteiger partial charge in [-0.3, -0.25) is 15.0 Å². The lowest BCUT2D eigenvalue weighted by molar-refractivity contribution is -0.130. The van der Waals surface area contributed by atoms with Gasteiger partial charge in [0, 0.05) is 6.54 Å². The number of carbonyl (C=O) groups is 1. The zero-order valence-electron chi connectivity index (χ0n) is 18.5. The molecule has 1 amide bonds. The number of benzene rings is 2. The Labute approximate surface area is 183 Å². The van der Waals surface area contributed by atoms with Crippen molar-refractivity contribution in [2.24, 2.45) is 16.6 Å². The van der Waals surface area contributed by atoms with Crippen LogP contribution < -0.4 is 11.1 Å². The molecule has 3 rings (SSSR count). The number of aliphatic imine (C=N–C) groups is 1. The van der Waals surface area contributed by atoms with Gasteiger partial charge in [0.2, 0.25) is 5.91 Å². The molecule has 0 aromatic heterocycles. The summed E-state index contributed by atoms with van der Waals surface area (Å²) < 4.78 is 13.4. The van der Waals surface area contributed by atoms with Gasteiger partial charge in [0.05, 0.1) is 18.5 Å². The highest BCUT2D eigenvalue weighted by molar-refractivity contribution is 5.99. The van der Waals surface area contributed by atoms with Gasteiger partial charge in [0.1, 0.15) is 12.0 Å². The van der Waals surface area contributed by atoms with Crippen LogP contribution in [0.1, 0.15) is 55.7 Å². The van der Waals surface area contributed by atoms with Crippen LogP contribution in [0, 0.1) is 18.7 Å². The number of guanidine groups is 1. The molecule has 2 aromatic carbocycles. The van der Waals surface area contributed by atoms with Crippen molar-refractivity contribution in [1.29, 1.82) is 0 Å². The van der Waals surface area contributed by atoms with Crippen LogP contribution in [-0.2, 0) is 17.9 Å². The van der Waals surface area contributed by atoms with Crippen molar-refractivity contribution in [2.75, 3.05) is 0 Å². The second-order valence-corrected chi connectivity index (χ2v) is 8.74. The Morgan fingerprint density at radius 1 is 1.26 bits per heavy atom. The van der Waals surface area contributed by atoms with Gasteiger partial charge in [-0.15, -0.1) is 0 Å². The highest BCUT2D eigenvalue weighted by atomic mass is 19.1. The molecule has 2 unspecified atom stereocenters. The maximum atomic E-state index is 13.4. The minimum absolute atomic E-state index is 0.0596.